The highest BCUT2D eigenvalue weighted by atomic mass is 16.5. The average molecular weight is 259 g/mol. The second-order valence-corrected chi connectivity index (χ2v) is 5.85. The molecule has 102 valence electrons. The number of nitrogens with one attached hydrogen (secondary N) is 1. The van der Waals surface area contributed by atoms with Crippen LogP contribution in [0.4, 0.5) is 0 Å². The summed E-state index contributed by atoms with van der Waals surface area (Å²) in [6.45, 7) is 0.622. The van der Waals surface area contributed by atoms with E-state index in [0.717, 1.165) is 23.7 Å². The zero-order chi connectivity index (χ0) is 13.2. The first-order valence-electron chi connectivity index (χ1n) is 7.17. The summed E-state index contributed by atoms with van der Waals surface area (Å²) in [4.78, 5) is 12.2. The smallest absolute Gasteiger partial charge is 0.223 e. The highest BCUT2D eigenvalue weighted by Gasteiger charge is 2.42. The standard InChI is InChI=1S/C16H21NO2/c1-19-14-6-3-11(4-7-14)10-17-16(18)15-9-12-2-5-13(15)8-12/h3-4,6-7,12-13,15H,2,5,8-10H2,1H3,(H,17,18)/t12-,13-,15+/m0/s1. The molecule has 0 unspecified atom stereocenters. The van der Waals surface area contributed by atoms with E-state index in [1.165, 1.54) is 19.3 Å². The molecule has 0 aromatic heterocycles. The number of hydrogen-bond acceptors (Lipinski definition) is 2. The Bertz CT molecular complexity index is 454. The van der Waals surface area contributed by atoms with E-state index in [2.05, 4.69) is 5.32 Å². The summed E-state index contributed by atoms with van der Waals surface area (Å²) in [5, 5.41) is 3.08. The molecule has 19 heavy (non-hydrogen) atoms. The quantitative estimate of drug-likeness (QED) is 0.903. The molecule has 0 heterocycles. The van der Waals surface area contributed by atoms with Crippen LogP contribution in [0.3, 0.4) is 0 Å². The highest BCUT2D eigenvalue weighted by molar-refractivity contribution is 5.79. The molecule has 1 amide bonds. The van der Waals surface area contributed by atoms with Crippen molar-refractivity contribution in [3.63, 3.8) is 0 Å². The molecule has 3 rings (SSSR count). The molecular weight excluding hydrogens is 238 g/mol. The molecule has 0 spiro atoms. The molecule has 1 aromatic rings. The molecule has 3 heteroatoms. The summed E-state index contributed by atoms with van der Waals surface area (Å²) in [6.07, 6.45) is 4.98. The maximum Gasteiger partial charge on any atom is 0.223 e. The van der Waals surface area contributed by atoms with Crippen molar-refractivity contribution >= 4 is 5.91 Å². The lowest BCUT2D eigenvalue weighted by molar-refractivity contribution is -0.126. The third-order valence-electron chi connectivity index (χ3n) is 4.70. The molecular formula is C16H21NO2. The largest absolute Gasteiger partial charge is 0.497 e. The zero-order valence-corrected chi connectivity index (χ0v) is 11.4. The summed E-state index contributed by atoms with van der Waals surface area (Å²) in [7, 11) is 1.66. The van der Waals surface area contributed by atoms with Gasteiger partial charge >= 0.3 is 0 Å². The van der Waals surface area contributed by atoms with Gasteiger partial charge < -0.3 is 10.1 Å². The van der Waals surface area contributed by atoms with Gasteiger partial charge in [-0.15, -0.1) is 0 Å². The van der Waals surface area contributed by atoms with Crippen LogP contribution in [0.2, 0.25) is 0 Å². The number of fused-ring (bicyclic) bond motifs is 2. The van der Waals surface area contributed by atoms with Crippen molar-refractivity contribution in [2.45, 2.75) is 32.2 Å². The van der Waals surface area contributed by atoms with Gasteiger partial charge in [0.15, 0.2) is 0 Å². The van der Waals surface area contributed by atoms with Crippen molar-refractivity contribution in [1.29, 1.82) is 0 Å². The van der Waals surface area contributed by atoms with Gasteiger partial charge in [-0.1, -0.05) is 18.6 Å². The lowest BCUT2D eigenvalue weighted by Crippen LogP contribution is -2.33. The maximum atomic E-state index is 12.2. The molecule has 2 fully saturated rings. The monoisotopic (exact) mass is 259 g/mol. The Labute approximate surface area is 114 Å². The lowest BCUT2D eigenvalue weighted by Gasteiger charge is -2.20. The second-order valence-electron chi connectivity index (χ2n) is 5.85. The van der Waals surface area contributed by atoms with Gasteiger partial charge in [0.25, 0.3) is 0 Å². The number of rotatable bonds is 4. The zero-order valence-electron chi connectivity index (χ0n) is 11.4. The highest BCUT2D eigenvalue weighted by Crippen LogP contribution is 2.48. The first kappa shape index (κ1) is 12.5. The minimum absolute atomic E-state index is 0.253. The van der Waals surface area contributed by atoms with Crippen LogP contribution < -0.4 is 10.1 Å². The van der Waals surface area contributed by atoms with Gasteiger partial charge in [0.1, 0.15) is 5.75 Å². The van der Waals surface area contributed by atoms with Gasteiger partial charge in [0, 0.05) is 12.5 Å². The number of methoxy groups -OCH3 is 1. The molecule has 0 aliphatic heterocycles. The van der Waals surface area contributed by atoms with E-state index >= 15 is 0 Å². The predicted molar refractivity (Wildman–Crippen MR) is 73.8 cm³/mol. The van der Waals surface area contributed by atoms with Crippen molar-refractivity contribution in [2.24, 2.45) is 17.8 Å². The van der Waals surface area contributed by atoms with Gasteiger partial charge in [-0.3, -0.25) is 4.79 Å². The van der Waals surface area contributed by atoms with Crippen molar-refractivity contribution in [3.05, 3.63) is 29.8 Å². The summed E-state index contributed by atoms with van der Waals surface area (Å²) in [6, 6.07) is 7.86. The number of hydrogen-bond donors (Lipinski definition) is 1. The Hall–Kier alpha value is -1.51. The summed E-state index contributed by atoms with van der Waals surface area (Å²) >= 11 is 0. The minimum atomic E-state index is 0.253. The van der Waals surface area contributed by atoms with Crippen LogP contribution in [0.5, 0.6) is 5.75 Å². The van der Waals surface area contributed by atoms with Gasteiger partial charge in [0.05, 0.1) is 7.11 Å². The molecule has 2 aliphatic rings. The maximum absolute atomic E-state index is 12.2. The van der Waals surface area contributed by atoms with E-state index < -0.39 is 0 Å². The van der Waals surface area contributed by atoms with E-state index in [9.17, 15) is 4.79 Å². The third-order valence-corrected chi connectivity index (χ3v) is 4.70. The molecule has 0 saturated heterocycles. The Balaban J connectivity index is 1.52. The number of carbonyl (C=O) groups excluding carboxylic acids is 1. The van der Waals surface area contributed by atoms with Crippen molar-refractivity contribution in [1.82, 2.24) is 5.32 Å². The minimum Gasteiger partial charge on any atom is -0.497 e. The Kier molecular flexibility index (Phi) is 3.45. The normalized spacial score (nSPS) is 28.4. The van der Waals surface area contributed by atoms with Crippen molar-refractivity contribution in [2.75, 3.05) is 7.11 Å². The summed E-state index contributed by atoms with van der Waals surface area (Å²) in [5.41, 5.74) is 1.12. The van der Waals surface area contributed by atoms with E-state index in [-0.39, 0.29) is 11.8 Å². The van der Waals surface area contributed by atoms with Crippen molar-refractivity contribution < 1.29 is 9.53 Å². The molecule has 2 aliphatic carbocycles. The number of ether oxygens (including phenoxy) is 1. The fourth-order valence-electron chi connectivity index (χ4n) is 3.63. The van der Waals surface area contributed by atoms with Crippen LogP contribution in [-0.4, -0.2) is 13.0 Å². The molecule has 3 nitrogen and oxygen atoms in total. The number of carbonyl (C=O) groups is 1. The summed E-state index contributed by atoms with van der Waals surface area (Å²) in [5.74, 6) is 2.85. The van der Waals surface area contributed by atoms with Crippen LogP contribution >= 0.6 is 0 Å². The number of benzene rings is 1. The SMILES string of the molecule is COc1ccc(CNC(=O)[C@@H]2C[C@H]3CC[C@H]2C3)cc1. The topological polar surface area (TPSA) is 38.3 Å². The molecule has 1 N–H and O–H groups in total. The molecule has 2 saturated carbocycles. The van der Waals surface area contributed by atoms with Gasteiger partial charge in [-0.25, -0.2) is 0 Å². The summed E-state index contributed by atoms with van der Waals surface area (Å²) < 4.78 is 5.12. The first-order valence-corrected chi connectivity index (χ1v) is 7.17. The Morgan fingerprint density at radius 1 is 1.26 bits per heavy atom. The Morgan fingerprint density at radius 3 is 2.63 bits per heavy atom. The fourth-order valence-corrected chi connectivity index (χ4v) is 3.63. The van der Waals surface area contributed by atoms with E-state index in [4.69, 9.17) is 4.74 Å². The number of amides is 1. The van der Waals surface area contributed by atoms with E-state index in [0.29, 0.717) is 12.5 Å². The predicted octanol–water partition coefficient (Wildman–Crippen LogP) is 2.75. The third kappa shape index (κ3) is 2.60. The van der Waals surface area contributed by atoms with Crippen LogP contribution in [0.25, 0.3) is 0 Å². The van der Waals surface area contributed by atoms with Crippen LogP contribution in [-0.2, 0) is 11.3 Å². The molecule has 2 bridgehead atoms. The molecule has 0 radical (unpaired) electrons. The average Bonchev–Trinajstić information content (AvgIpc) is 3.08. The van der Waals surface area contributed by atoms with E-state index in [1.54, 1.807) is 7.11 Å². The van der Waals surface area contributed by atoms with Crippen LogP contribution in [0.15, 0.2) is 24.3 Å². The van der Waals surface area contributed by atoms with Crippen molar-refractivity contribution in [3.8, 4) is 5.75 Å². The lowest BCUT2D eigenvalue weighted by atomic mass is 9.88. The van der Waals surface area contributed by atoms with Gasteiger partial charge in [-0.05, 0) is 48.8 Å². The molecule has 3 atom stereocenters. The van der Waals surface area contributed by atoms with Gasteiger partial charge in [0.2, 0.25) is 5.91 Å². The fraction of sp³-hybridized carbons (Fsp3) is 0.562. The molecule has 1 aromatic carbocycles. The second kappa shape index (κ2) is 5.24. The van der Waals surface area contributed by atoms with Crippen LogP contribution in [0, 0.1) is 17.8 Å². The van der Waals surface area contributed by atoms with Crippen LogP contribution in [0.1, 0.15) is 31.2 Å². The first-order chi connectivity index (χ1) is 9.26. The van der Waals surface area contributed by atoms with E-state index in [1.807, 2.05) is 24.3 Å². The Morgan fingerprint density at radius 2 is 2.05 bits per heavy atom. The van der Waals surface area contributed by atoms with Gasteiger partial charge in [-0.2, -0.15) is 0 Å².